The van der Waals surface area contributed by atoms with Gasteiger partial charge in [0.25, 0.3) is 5.91 Å². The van der Waals surface area contributed by atoms with Gasteiger partial charge in [-0.05, 0) is 43.5 Å². The van der Waals surface area contributed by atoms with Crippen molar-refractivity contribution in [3.8, 4) is 0 Å². The summed E-state index contributed by atoms with van der Waals surface area (Å²) in [6.45, 7) is 2.77. The average Bonchev–Trinajstić information content (AvgIpc) is 3.23. The van der Waals surface area contributed by atoms with Crippen molar-refractivity contribution in [2.45, 2.75) is 37.3 Å². The lowest BCUT2D eigenvalue weighted by Gasteiger charge is -2.43. The number of Topliss-reactive ketones (excluding diaryl/α,β-unsaturated/α-hetero) is 1. The van der Waals surface area contributed by atoms with Crippen LogP contribution in [0.2, 0.25) is 0 Å². The normalized spacial score (nSPS) is 18.2. The number of amides is 1. The molecule has 2 heterocycles. The smallest absolute Gasteiger partial charge is 0.250 e. The Balaban J connectivity index is 1.29. The molecule has 2 fully saturated rings. The minimum absolute atomic E-state index is 0.0243. The molecule has 2 aliphatic heterocycles. The summed E-state index contributed by atoms with van der Waals surface area (Å²) in [5, 5.41) is 0. The number of para-hydroxylation sites is 1. The number of ketones is 1. The van der Waals surface area contributed by atoms with Gasteiger partial charge in [0.15, 0.2) is 5.78 Å². The number of hydrogen-bond donors (Lipinski definition) is 0. The number of aldehydes is 1. The van der Waals surface area contributed by atoms with E-state index in [2.05, 4.69) is 9.80 Å². The molecule has 0 aromatic heterocycles. The van der Waals surface area contributed by atoms with E-state index in [9.17, 15) is 14.4 Å². The first-order valence-corrected chi connectivity index (χ1v) is 13.1. The van der Waals surface area contributed by atoms with E-state index < -0.39 is 11.6 Å². The summed E-state index contributed by atoms with van der Waals surface area (Å²) in [6.07, 6.45) is 3.57. The first-order chi connectivity index (χ1) is 18.1. The average molecular weight is 496 g/mol. The topological polar surface area (TPSA) is 60.9 Å². The monoisotopic (exact) mass is 495 g/mol. The minimum Gasteiger partial charge on any atom is -0.339 e. The maximum absolute atomic E-state index is 14.1. The number of likely N-dealkylation sites (tertiary alicyclic amines) is 1. The lowest BCUT2D eigenvalue weighted by Crippen LogP contribution is -2.56. The Morgan fingerprint density at radius 3 is 2.08 bits per heavy atom. The van der Waals surface area contributed by atoms with Crippen LogP contribution in [0, 0.1) is 0 Å². The van der Waals surface area contributed by atoms with Crippen LogP contribution in [0.5, 0.6) is 0 Å². The van der Waals surface area contributed by atoms with Crippen molar-refractivity contribution in [3.05, 3.63) is 102 Å². The van der Waals surface area contributed by atoms with E-state index in [0.717, 1.165) is 49.2 Å². The molecule has 5 rings (SSSR count). The van der Waals surface area contributed by atoms with E-state index in [1.54, 1.807) is 4.90 Å². The lowest BCUT2D eigenvalue weighted by molar-refractivity contribution is -0.137. The number of carbonyl (C=O) groups excluding carboxylic acids is 3. The molecule has 6 nitrogen and oxygen atoms in total. The highest BCUT2D eigenvalue weighted by molar-refractivity contribution is 5.96. The van der Waals surface area contributed by atoms with Gasteiger partial charge in [-0.1, -0.05) is 78.9 Å². The van der Waals surface area contributed by atoms with Gasteiger partial charge in [-0.3, -0.25) is 9.59 Å². The molecule has 0 N–H and O–H groups in total. The van der Waals surface area contributed by atoms with E-state index in [1.165, 1.54) is 0 Å². The molecule has 6 heteroatoms. The second-order valence-corrected chi connectivity index (χ2v) is 9.94. The Bertz CT molecular complexity index is 1210. The van der Waals surface area contributed by atoms with Crippen LogP contribution in [-0.4, -0.2) is 59.6 Å². The fourth-order valence-electron chi connectivity index (χ4n) is 5.73. The number of carbonyl (C=O) groups is 3. The van der Waals surface area contributed by atoms with Crippen LogP contribution in [-0.2, 0) is 9.59 Å². The molecular weight excluding hydrogens is 462 g/mol. The van der Waals surface area contributed by atoms with Crippen molar-refractivity contribution < 1.29 is 14.4 Å². The zero-order chi connectivity index (χ0) is 25.7. The molecule has 1 amide bonds. The zero-order valence-electron chi connectivity index (χ0n) is 21.0. The van der Waals surface area contributed by atoms with Crippen molar-refractivity contribution in [1.82, 2.24) is 9.80 Å². The van der Waals surface area contributed by atoms with Gasteiger partial charge in [0.05, 0.1) is 6.67 Å². The second-order valence-electron chi connectivity index (χ2n) is 9.94. The summed E-state index contributed by atoms with van der Waals surface area (Å²) in [6, 6.07) is 28.4. The number of anilines is 1. The molecule has 2 aliphatic rings. The molecule has 0 saturated carbocycles. The van der Waals surface area contributed by atoms with Crippen LogP contribution in [0.1, 0.15) is 47.6 Å². The highest BCUT2D eigenvalue weighted by Crippen LogP contribution is 2.42. The van der Waals surface area contributed by atoms with E-state index >= 15 is 0 Å². The van der Waals surface area contributed by atoms with Crippen molar-refractivity contribution in [3.63, 3.8) is 0 Å². The standard InChI is InChI=1S/C31H33N3O3/c35-23-28(25-11-4-1-5-12-25)33-24-34(27-15-8-3-9-16-27)31(30(33)37)18-21-32(22-19-31)20-10-17-29(36)26-13-6-2-7-14-26/h1-9,11-16,23,28H,10,17-22,24H2. The molecule has 3 aromatic carbocycles. The second kappa shape index (κ2) is 11.1. The molecule has 1 spiro atoms. The molecule has 2 saturated heterocycles. The van der Waals surface area contributed by atoms with Gasteiger partial charge in [0, 0.05) is 30.8 Å². The van der Waals surface area contributed by atoms with Gasteiger partial charge in [-0.2, -0.15) is 0 Å². The van der Waals surface area contributed by atoms with Gasteiger partial charge in [-0.15, -0.1) is 0 Å². The quantitative estimate of drug-likeness (QED) is 0.317. The summed E-state index contributed by atoms with van der Waals surface area (Å²) < 4.78 is 0. The largest absolute Gasteiger partial charge is 0.339 e. The van der Waals surface area contributed by atoms with Gasteiger partial charge < -0.3 is 19.5 Å². The highest BCUT2D eigenvalue weighted by atomic mass is 16.2. The van der Waals surface area contributed by atoms with Gasteiger partial charge in [0.2, 0.25) is 0 Å². The molecule has 0 radical (unpaired) electrons. The summed E-state index contributed by atoms with van der Waals surface area (Å²) in [5.74, 6) is 0.197. The van der Waals surface area contributed by atoms with E-state index in [4.69, 9.17) is 0 Å². The summed E-state index contributed by atoms with van der Waals surface area (Å²) >= 11 is 0. The maximum atomic E-state index is 14.1. The summed E-state index contributed by atoms with van der Waals surface area (Å²) in [5.41, 5.74) is 1.92. The zero-order valence-corrected chi connectivity index (χ0v) is 21.0. The van der Waals surface area contributed by atoms with Gasteiger partial charge >= 0.3 is 0 Å². The number of rotatable bonds is 9. The SMILES string of the molecule is O=CC(c1ccccc1)N1CN(c2ccccc2)C2(CCN(CCCC(=O)c3ccccc3)CC2)C1=O. The van der Waals surface area contributed by atoms with Crippen LogP contribution in [0.15, 0.2) is 91.0 Å². The lowest BCUT2D eigenvalue weighted by atomic mass is 9.85. The summed E-state index contributed by atoms with van der Waals surface area (Å²) in [7, 11) is 0. The van der Waals surface area contributed by atoms with Crippen LogP contribution >= 0.6 is 0 Å². The Morgan fingerprint density at radius 2 is 1.46 bits per heavy atom. The fraction of sp³-hybridized carbons (Fsp3) is 0.323. The molecule has 37 heavy (non-hydrogen) atoms. The third kappa shape index (κ3) is 5.07. The first kappa shape index (κ1) is 24.9. The van der Waals surface area contributed by atoms with E-state index in [-0.39, 0.29) is 11.7 Å². The molecule has 1 atom stereocenters. The third-order valence-electron chi connectivity index (χ3n) is 7.80. The van der Waals surface area contributed by atoms with E-state index in [1.807, 2.05) is 91.0 Å². The molecule has 0 aliphatic carbocycles. The summed E-state index contributed by atoms with van der Waals surface area (Å²) in [4.78, 5) is 45.1. The Hall–Kier alpha value is -3.77. The van der Waals surface area contributed by atoms with Gasteiger partial charge in [-0.25, -0.2) is 0 Å². The molecule has 190 valence electrons. The van der Waals surface area contributed by atoms with Crippen molar-refractivity contribution >= 4 is 23.7 Å². The fourth-order valence-corrected chi connectivity index (χ4v) is 5.73. The number of benzene rings is 3. The maximum Gasteiger partial charge on any atom is 0.250 e. The molecule has 1 unspecified atom stereocenters. The predicted molar refractivity (Wildman–Crippen MR) is 144 cm³/mol. The highest BCUT2D eigenvalue weighted by Gasteiger charge is 2.55. The molecule has 3 aromatic rings. The molecular formula is C31H33N3O3. The van der Waals surface area contributed by atoms with Crippen molar-refractivity contribution in [2.75, 3.05) is 31.2 Å². The van der Waals surface area contributed by atoms with Gasteiger partial charge in [0.1, 0.15) is 17.9 Å². The van der Waals surface area contributed by atoms with Crippen molar-refractivity contribution in [1.29, 1.82) is 0 Å². The predicted octanol–water partition coefficient (Wildman–Crippen LogP) is 4.73. The number of piperidine rings is 1. The van der Waals surface area contributed by atoms with Crippen molar-refractivity contribution in [2.24, 2.45) is 0 Å². The van der Waals surface area contributed by atoms with Crippen LogP contribution < -0.4 is 4.90 Å². The van der Waals surface area contributed by atoms with Crippen LogP contribution in [0.25, 0.3) is 0 Å². The first-order valence-electron chi connectivity index (χ1n) is 13.1. The third-order valence-corrected chi connectivity index (χ3v) is 7.80. The van der Waals surface area contributed by atoms with Crippen LogP contribution in [0.3, 0.4) is 0 Å². The Kier molecular flexibility index (Phi) is 7.47. The van der Waals surface area contributed by atoms with E-state index in [0.29, 0.717) is 25.9 Å². The minimum atomic E-state index is -0.673. The van der Waals surface area contributed by atoms with Crippen LogP contribution in [0.4, 0.5) is 5.69 Å². The number of nitrogens with zero attached hydrogens (tertiary/aromatic N) is 3. The Morgan fingerprint density at radius 1 is 0.865 bits per heavy atom. The number of hydrogen-bond acceptors (Lipinski definition) is 5. The molecule has 0 bridgehead atoms. The Labute approximate surface area is 218 Å².